The van der Waals surface area contributed by atoms with Crippen LogP contribution in [0.1, 0.15) is 16.7 Å². The van der Waals surface area contributed by atoms with Crippen LogP contribution in [0.2, 0.25) is 0 Å². The molecule has 1 aromatic heterocycles. The molecule has 27 heavy (non-hydrogen) atoms. The van der Waals surface area contributed by atoms with Crippen molar-refractivity contribution in [3.05, 3.63) is 89.7 Å². The van der Waals surface area contributed by atoms with E-state index in [1.165, 1.54) is 0 Å². The third-order valence-electron chi connectivity index (χ3n) is 4.27. The van der Waals surface area contributed by atoms with Gasteiger partial charge in [-0.25, -0.2) is 0 Å². The molecule has 1 N–H and O–H groups in total. The Kier molecular flexibility index (Phi) is 6.05. The molecule has 0 saturated carbocycles. The number of aromatic hydroxyl groups is 1. The smallest absolute Gasteiger partial charge is 0.227 e. The summed E-state index contributed by atoms with van der Waals surface area (Å²) in [6.07, 6.45) is 3.74. The highest BCUT2D eigenvalue weighted by atomic mass is 16.5. The van der Waals surface area contributed by atoms with Crippen molar-refractivity contribution < 1.29 is 14.6 Å². The fraction of sp³-hybridized carbons (Fsp3) is 0.182. The van der Waals surface area contributed by atoms with E-state index in [1.54, 1.807) is 42.6 Å². The van der Waals surface area contributed by atoms with Crippen molar-refractivity contribution >= 4 is 5.91 Å². The van der Waals surface area contributed by atoms with E-state index < -0.39 is 0 Å². The summed E-state index contributed by atoms with van der Waals surface area (Å²) in [5, 5.41) is 9.72. The molecule has 0 aliphatic carbocycles. The minimum Gasteiger partial charge on any atom is -0.508 e. The number of phenolic OH excluding ortho intramolecular Hbond substituents is 1. The highest BCUT2D eigenvalue weighted by Gasteiger charge is 2.16. The van der Waals surface area contributed by atoms with Crippen molar-refractivity contribution in [1.29, 1.82) is 0 Å². The van der Waals surface area contributed by atoms with Crippen LogP contribution >= 0.6 is 0 Å². The summed E-state index contributed by atoms with van der Waals surface area (Å²) in [7, 11) is 1.62. The molecule has 0 aliphatic heterocycles. The number of benzene rings is 2. The molecule has 1 amide bonds. The maximum Gasteiger partial charge on any atom is 0.227 e. The average molecular weight is 362 g/mol. The predicted octanol–water partition coefficient (Wildman–Crippen LogP) is 3.57. The normalized spacial score (nSPS) is 10.4. The quantitative estimate of drug-likeness (QED) is 0.698. The van der Waals surface area contributed by atoms with Crippen LogP contribution in [0.25, 0.3) is 0 Å². The van der Waals surface area contributed by atoms with Crippen LogP contribution in [0.5, 0.6) is 11.5 Å². The molecule has 2 aromatic carbocycles. The van der Waals surface area contributed by atoms with E-state index in [-0.39, 0.29) is 11.7 Å². The number of carbonyl (C=O) groups is 1. The monoisotopic (exact) mass is 362 g/mol. The Bertz CT molecular complexity index is 880. The van der Waals surface area contributed by atoms with Gasteiger partial charge in [-0.1, -0.05) is 24.3 Å². The number of pyridine rings is 1. The van der Waals surface area contributed by atoms with Gasteiger partial charge in [0.1, 0.15) is 11.5 Å². The maximum atomic E-state index is 13.0. The average Bonchev–Trinajstić information content (AvgIpc) is 2.69. The molecule has 1 heterocycles. The van der Waals surface area contributed by atoms with Crippen LogP contribution in [0.15, 0.2) is 73.1 Å². The summed E-state index contributed by atoms with van der Waals surface area (Å²) >= 11 is 0. The molecule has 3 rings (SSSR count). The summed E-state index contributed by atoms with van der Waals surface area (Å²) in [6.45, 7) is 0.902. The van der Waals surface area contributed by atoms with Gasteiger partial charge < -0.3 is 14.7 Å². The molecule has 138 valence electrons. The fourth-order valence-corrected chi connectivity index (χ4v) is 2.85. The number of hydrogen-bond donors (Lipinski definition) is 1. The predicted molar refractivity (Wildman–Crippen MR) is 103 cm³/mol. The van der Waals surface area contributed by atoms with Gasteiger partial charge in [-0.05, 0) is 53.1 Å². The van der Waals surface area contributed by atoms with E-state index in [1.807, 2.05) is 42.5 Å². The zero-order valence-electron chi connectivity index (χ0n) is 15.2. The lowest BCUT2D eigenvalue weighted by molar-refractivity contribution is -0.131. The second-order valence-corrected chi connectivity index (χ2v) is 6.30. The summed E-state index contributed by atoms with van der Waals surface area (Å²) in [5.74, 6) is 0.971. The molecule has 0 aliphatic rings. The highest BCUT2D eigenvalue weighted by molar-refractivity contribution is 5.78. The molecule has 5 nitrogen and oxygen atoms in total. The zero-order valence-corrected chi connectivity index (χ0v) is 15.2. The van der Waals surface area contributed by atoms with Gasteiger partial charge in [0.05, 0.1) is 13.5 Å². The third kappa shape index (κ3) is 5.31. The Hall–Kier alpha value is -3.34. The third-order valence-corrected chi connectivity index (χ3v) is 4.27. The number of amides is 1. The minimum absolute atomic E-state index is 0.0142. The topological polar surface area (TPSA) is 62.7 Å². The molecule has 0 spiro atoms. The Morgan fingerprint density at radius 1 is 0.963 bits per heavy atom. The lowest BCUT2D eigenvalue weighted by Crippen LogP contribution is -2.31. The first-order valence-corrected chi connectivity index (χ1v) is 8.71. The standard InChI is InChI=1S/C22H22N2O3/c1-27-21-7-5-17(6-8-21)14-22(26)24(15-18-9-11-23-12-10-18)16-19-3-2-4-20(25)13-19/h2-13,25H,14-16H2,1H3. The van der Waals surface area contributed by atoms with Crippen molar-refractivity contribution in [2.75, 3.05) is 7.11 Å². The lowest BCUT2D eigenvalue weighted by Gasteiger charge is -2.23. The molecule has 0 saturated heterocycles. The van der Waals surface area contributed by atoms with Crippen molar-refractivity contribution in [3.63, 3.8) is 0 Å². The second kappa shape index (κ2) is 8.85. The molecular weight excluding hydrogens is 340 g/mol. The number of rotatable bonds is 7. The zero-order chi connectivity index (χ0) is 19.1. The van der Waals surface area contributed by atoms with Gasteiger partial charge in [-0.2, -0.15) is 0 Å². The largest absolute Gasteiger partial charge is 0.508 e. The van der Waals surface area contributed by atoms with E-state index in [4.69, 9.17) is 4.74 Å². The molecule has 0 atom stereocenters. The molecule has 0 radical (unpaired) electrons. The van der Waals surface area contributed by atoms with E-state index in [0.29, 0.717) is 19.5 Å². The van der Waals surface area contributed by atoms with E-state index >= 15 is 0 Å². The summed E-state index contributed by atoms with van der Waals surface area (Å²) in [5.41, 5.74) is 2.82. The summed E-state index contributed by atoms with van der Waals surface area (Å²) in [4.78, 5) is 18.8. The number of phenols is 1. The van der Waals surface area contributed by atoms with Gasteiger partial charge in [0.15, 0.2) is 0 Å². The second-order valence-electron chi connectivity index (χ2n) is 6.30. The van der Waals surface area contributed by atoms with Crippen LogP contribution in [0.3, 0.4) is 0 Å². The van der Waals surface area contributed by atoms with Crippen molar-refractivity contribution in [2.24, 2.45) is 0 Å². The number of methoxy groups -OCH3 is 1. The first-order valence-electron chi connectivity index (χ1n) is 8.71. The van der Waals surface area contributed by atoms with Crippen molar-refractivity contribution in [2.45, 2.75) is 19.5 Å². The van der Waals surface area contributed by atoms with E-state index in [9.17, 15) is 9.90 Å². The Labute approximate surface area is 158 Å². The maximum absolute atomic E-state index is 13.0. The SMILES string of the molecule is COc1ccc(CC(=O)N(Cc2ccncc2)Cc2cccc(O)c2)cc1. The Balaban J connectivity index is 1.77. The molecule has 5 heteroatoms. The number of aromatic nitrogens is 1. The van der Waals surface area contributed by atoms with Gasteiger partial charge >= 0.3 is 0 Å². The number of nitrogens with zero attached hydrogens (tertiary/aromatic N) is 2. The molecular formula is C22H22N2O3. The van der Waals surface area contributed by atoms with Gasteiger partial charge in [-0.15, -0.1) is 0 Å². The molecule has 0 bridgehead atoms. The summed E-state index contributed by atoms with van der Waals surface area (Å²) < 4.78 is 5.17. The molecule has 0 fully saturated rings. The van der Waals surface area contributed by atoms with Crippen molar-refractivity contribution in [1.82, 2.24) is 9.88 Å². The molecule has 0 unspecified atom stereocenters. The van der Waals surface area contributed by atoms with Crippen LogP contribution < -0.4 is 4.74 Å². The number of carbonyl (C=O) groups excluding carboxylic acids is 1. The molecule has 3 aromatic rings. The summed E-state index contributed by atoms with van der Waals surface area (Å²) in [6, 6.07) is 18.3. The lowest BCUT2D eigenvalue weighted by atomic mass is 10.1. The van der Waals surface area contributed by atoms with E-state index in [0.717, 1.165) is 22.4 Å². The van der Waals surface area contributed by atoms with Crippen LogP contribution in [0, 0.1) is 0 Å². The van der Waals surface area contributed by atoms with Gasteiger partial charge in [0, 0.05) is 25.5 Å². The van der Waals surface area contributed by atoms with Gasteiger partial charge in [0.2, 0.25) is 5.91 Å². The van der Waals surface area contributed by atoms with Crippen LogP contribution in [-0.2, 0) is 24.3 Å². The minimum atomic E-state index is 0.0142. The van der Waals surface area contributed by atoms with Gasteiger partial charge in [-0.3, -0.25) is 9.78 Å². The van der Waals surface area contributed by atoms with Gasteiger partial charge in [0.25, 0.3) is 0 Å². The highest BCUT2D eigenvalue weighted by Crippen LogP contribution is 2.17. The number of ether oxygens (including phenoxy) is 1. The number of hydrogen-bond acceptors (Lipinski definition) is 4. The first-order chi connectivity index (χ1) is 13.1. The van der Waals surface area contributed by atoms with Crippen molar-refractivity contribution in [3.8, 4) is 11.5 Å². The van der Waals surface area contributed by atoms with Crippen LogP contribution in [0.4, 0.5) is 0 Å². The Morgan fingerprint density at radius 2 is 1.67 bits per heavy atom. The fourth-order valence-electron chi connectivity index (χ4n) is 2.85. The van der Waals surface area contributed by atoms with E-state index in [2.05, 4.69) is 4.98 Å². The first kappa shape index (κ1) is 18.5. The Morgan fingerprint density at radius 3 is 2.33 bits per heavy atom. The van der Waals surface area contributed by atoms with Crippen LogP contribution in [-0.4, -0.2) is 28.0 Å².